The molecule has 2 amide bonds. The van der Waals surface area contributed by atoms with Crippen molar-refractivity contribution in [3.8, 4) is 0 Å². The second-order valence-electron chi connectivity index (χ2n) is 8.62. The van der Waals surface area contributed by atoms with Crippen molar-refractivity contribution in [3.63, 3.8) is 0 Å². The Bertz CT molecular complexity index is 1150. The third kappa shape index (κ3) is 4.47. The number of nitrogens with zero attached hydrogens (tertiary/aromatic N) is 3. The van der Waals surface area contributed by atoms with Crippen molar-refractivity contribution in [3.05, 3.63) is 58.7 Å². The van der Waals surface area contributed by atoms with Crippen LogP contribution in [0, 0.1) is 20.8 Å². The molecule has 6 nitrogen and oxygen atoms in total. The van der Waals surface area contributed by atoms with Gasteiger partial charge in [-0.05, 0) is 56.9 Å². The lowest BCUT2D eigenvalue weighted by atomic mass is 10.0. The molecule has 0 aliphatic carbocycles. The molecule has 0 radical (unpaired) electrons. The van der Waals surface area contributed by atoms with Crippen LogP contribution in [0.25, 0.3) is 0 Å². The second-order valence-corrected chi connectivity index (χ2v) is 9.79. The van der Waals surface area contributed by atoms with E-state index in [1.807, 2.05) is 52.0 Å². The topological polar surface area (TPSA) is 74.1 Å². The van der Waals surface area contributed by atoms with Crippen LogP contribution < -0.4 is 5.32 Å². The lowest BCUT2D eigenvalue weighted by molar-refractivity contribution is -0.124. The van der Waals surface area contributed by atoms with Gasteiger partial charge in [0.25, 0.3) is 5.91 Å². The number of hydrogen-bond acceptors (Lipinski definition) is 5. The molecule has 2 atom stereocenters. The highest BCUT2D eigenvalue weighted by molar-refractivity contribution is 8.15. The van der Waals surface area contributed by atoms with Crippen LogP contribution in [0.15, 0.2) is 46.4 Å². The average molecular weight is 463 g/mol. The summed E-state index contributed by atoms with van der Waals surface area (Å²) < 4.78 is 0. The van der Waals surface area contributed by atoms with Gasteiger partial charge in [-0.1, -0.05) is 61.9 Å². The summed E-state index contributed by atoms with van der Waals surface area (Å²) in [7, 11) is 0. The molecule has 2 aromatic rings. The van der Waals surface area contributed by atoms with Gasteiger partial charge in [-0.15, -0.1) is 0 Å². The van der Waals surface area contributed by atoms with Crippen molar-refractivity contribution in [2.75, 3.05) is 5.32 Å². The van der Waals surface area contributed by atoms with E-state index in [4.69, 9.17) is 9.98 Å². The molecule has 0 saturated heterocycles. The predicted molar refractivity (Wildman–Crippen MR) is 137 cm³/mol. The molecule has 4 rings (SSSR count). The average Bonchev–Trinajstić information content (AvgIpc) is 3.11. The molecule has 0 bridgehead atoms. The third-order valence-electron chi connectivity index (χ3n) is 5.95. The van der Waals surface area contributed by atoms with Gasteiger partial charge in [-0.25, -0.2) is 9.89 Å². The van der Waals surface area contributed by atoms with Crippen LogP contribution in [0.1, 0.15) is 55.4 Å². The smallest absolute Gasteiger partial charge is 0.259 e. The number of carbonyl (C=O) groups excluding carboxylic acids is 2. The van der Waals surface area contributed by atoms with Gasteiger partial charge in [-0.2, -0.15) is 0 Å². The summed E-state index contributed by atoms with van der Waals surface area (Å²) in [6.45, 7) is 10.1. The number of aliphatic imine (C=N–C) groups is 2. The number of carbonyl (C=O) groups is 2. The lowest BCUT2D eigenvalue weighted by Crippen LogP contribution is -2.42. The number of aryl methyl sites for hydroxylation is 3. The van der Waals surface area contributed by atoms with Gasteiger partial charge < -0.3 is 5.32 Å². The maximum atomic E-state index is 13.3. The molecule has 0 spiro atoms. The predicted octanol–water partition coefficient (Wildman–Crippen LogP) is 5.52. The Labute approximate surface area is 199 Å². The lowest BCUT2D eigenvalue weighted by Gasteiger charge is -2.27. The van der Waals surface area contributed by atoms with Crippen molar-refractivity contribution in [2.24, 2.45) is 9.98 Å². The van der Waals surface area contributed by atoms with Crippen molar-refractivity contribution in [1.82, 2.24) is 4.90 Å². The number of hydrogen-bond donors (Lipinski definition) is 1. The maximum Gasteiger partial charge on any atom is 0.259 e. The fourth-order valence-electron chi connectivity index (χ4n) is 4.37. The first-order valence-electron chi connectivity index (χ1n) is 11.5. The van der Waals surface area contributed by atoms with E-state index in [1.54, 1.807) is 4.90 Å². The SMILES string of the molecule is CCC[C@H]1N=C2c3ccccc3N=C(S[C@@H](CC)C(=O)Nc3c(C)cc(C)cc3C)N2C1=O. The summed E-state index contributed by atoms with van der Waals surface area (Å²) in [6.07, 6.45) is 2.17. The summed E-state index contributed by atoms with van der Waals surface area (Å²) in [5, 5.41) is 3.25. The Morgan fingerprint density at radius 1 is 1.15 bits per heavy atom. The molecule has 2 aliphatic rings. The zero-order valence-corrected chi connectivity index (χ0v) is 20.6. The molecule has 172 valence electrons. The van der Waals surface area contributed by atoms with E-state index in [1.165, 1.54) is 17.3 Å². The van der Waals surface area contributed by atoms with Crippen LogP contribution in [0.5, 0.6) is 0 Å². The number of rotatable bonds is 6. The van der Waals surface area contributed by atoms with E-state index >= 15 is 0 Å². The minimum Gasteiger partial charge on any atom is -0.325 e. The van der Waals surface area contributed by atoms with Crippen molar-refractivity contribution in [1.29, 1.82) is 0 Å². The number of para-hydroxylation sites is 1. The largest absolute Gasteiger partial charge is 0.325 e. The quantitative estimate of drug-likeness (QED) is 0.614. The monoisotopic (exact) mass is 462 g/mol. The summed E-state index contributed by atoms with van der Waals surface area (Å²) in [5.74, 6) is 0.495. The fraction of sp³-hybridized carbons (Fsp3) is 0.385. The molecular formula is C26H30N4O2S. The van der Waals surface area contributed by atoms with Crippen molar-refractivity contribution < 1.29 is 9.59 Å². The Hall–Kier alpha value is -2.93. The van der Waals surface area contributed by atoms with Crippen LogP contribution in [0.4, 0.5) is 11.4 Å². The third-order valence-corrected chi connectivity index (χ3v) is 7.26. The van der Waals surface area contributed by atoms with Gasteiger partial charge >= 0.3 is 0 Å². The van der Waals surface area contributed by atoms with Gasteiger partial charge in [0.1, 0.15) is 11.9 Å². The Morgan fingerprint density at radius 3 is 2.52 bits per heavy atom. The van der Waals surface area contributed by atoms with Gasteiger partial charge in [0.05, 0.1) is 10.9 Å². The summed E-state index contributed by atoms with van der Waals surface area (Å²) >= 11 is 1.33. The van der Waals surface area contributed by atoms with E-state index in [-0.39, 0.29) is 11.8 Å². The zero-order valence-electron chi connectivity index (χ0n) is 19.8. The minimum atomic E-state index is -0.395. The van der Waals surface area contributed by atoms with E-state index < -0.39 is 11.3 Å². The van der Waals surface area contributed by atoms with Gasteiger partial charge in [0.15, 0.2) is 5.17 Å². The number of benzene rings is 2. The van der Waals surface area contributed by atoms with Gasteiger partial charge in [0, 0.05) is 11.3 Å². The Morgan fingerprint density at radius 2 is 1.85 bits per heavy atom. The standard InChI is InChI=1S/C26H30N4O2S/c1-6-10-20-25(32)30-23(27-20)18-11-8-9-12-19(18)28-26(30)33-21(7-2)24(31)29-22-16(4)13-15(3)14-17(22)5/h8-9,11-14,20-21H,6-7,10H2,1-5H3,(H,29,31)/t20-,21+/m1/s1. The van der Waals surface area contributed by atoms with Crippen molar-refractivity contribution in [2.45, 2.75) is 65.2 Å². The van der Waals surface area contributed by atoms with E-state index in [9.17, 15) is 9.59 Å². The Kier molecular flexibility index (Phi) is 6.70. The molecule has 0 aromatic heterocycles. The van der Waals surface area contributed by atoms with E-state index in [0.717, 1.165) is 34.5 Å². The fourth-order valence-corrected chi connectivity index (χ4v) is 5.39. The first kappa shape index (κ1) is 23.2. The maximum absolute atomic E-state index is 13.3. The Balaban J connectivity index is 1.63. The zero-order chi connectivity index (χ0) is 23.7. The molecule has 1 N–H and O–H groups in total. The number of amidine groups is 2. The molecule has 7 heteroatoms. The van der Waals surface area contributed by atoms with Crippen molar-refractivity contribution >= 4 is 46.0 Å². The summed E-state index contributed by atoms with van der Waals surface area (Å²) in [5.41, 5.74) is 5.73. The normalized spacial score (nSPS) is 17.8. The first-order chi connectivity index (χ1) is 15.8. The number of nitrogens with one attached hydrogen (secondary N) is 1. The molecular weight excluding hydrogens is 432 g/mol. The van der Waals surface area contributed by atoms with Gasteiger partial charge in [0.2, 0.25) is 5.91 Å². The highest BCUT2D eigenvalue weighted by atomic mass is 32.2. The highest BCUT2D eigenvalue weighted by Crippen LogP contribution is 2.36. The molecule has 2 aliphatic heterocycles. The molecule has 0 saturated carbocycles. The van der Waals surface area contributed by atoms with E-state index in [0.29, 0.717) is 23.8 Å². The molecule has 33 heavy (non-hydrogen) atoms. The summed E-state index contributed by atoms with van der Waals surface area (Å²) in [4.78, 5) is 37.6. The van der Waals surface area contributed by atoms with Crippen LogP contribution in [0.2, 0.25) is 0 Å². The first-order valence-corrected chi connectivity index (χ1v) is 12.4. The second kappa shape index (κ2) is 9.51. The van der Waals surface area contributed by atoms with E-state index in [2.05, 4.69) is 24.4 Å². The van der Waals surface area contributed by atoms with Crippen LogP contribution in [0.3, 0.4) is 0 Å². The molecule has 0 fully saturated rings. The van der Waals surface area contributed by atoms with Crippen LogP contribution >= 0.6 is 11.8 Å². The molecule has 2 heterocycles. The number of thioether (sulfide) groups is 1. The number of amides is 2. The highest BCUT2D eigenvalue weighted by Gasteiger charge is 2.42. The summed E-state index contributed by atoms with van der Waals surface area (Å²) in [6, 6.07) is 11.5. The van der Waals surface area contributed by atoms with Crippen LogP contribution in [-0.4, -0.2) is 39.0 Å². The molecule has 0 unspecified atom stereocenters. The van der Waals surface area contributed by atoms with Gasteiger partial charge in [-0.3, -0.25) is 14.6 Å². The minimum absolute atomic E-state index is 0.0620. The number of fused-ring (bicyclic) bond motifs is 3. The van der Waals surface area contributed by atoms with Crippen LogP contribution in [-0.2, 0) is 9.59 Å². The number of anilines is 1. The molecule has 2 aromatic carbocycles.